The molecule has 0 amide bonds. The van der Waals surface area contributed by atoms with Crippen LogP contribution in [0.3, 0.4) is 0 Å². The van der Waals surface area contributed by atoms with Crippen molar-refractivity contribution in [3.8, 4) is 5.75 Å². The fraction of sp³-hybridized carbons (Fsp3) is 0.143. The average Bonchev–Trinajstić information content (AvgIpc) is 2.38. The first-order valence-electron chi connectivity index (χ1n) is 5.45. The molecule has 0 aliphatic rings. The van der Waals surface area contributed by atoms with Gasteiger partial charge in [0.25, 0.3) is 0 Å². The molecule has 0 saturated carbocycles. The van der Waals surface area contributed by atoms with Crippen molar-refractivity contribution in [1.29, 1.82) is 0 Å². The molecular weight excluding hydrogens is 354 g/mol. The molecule has 1 unspecified atom stereocenters. The lowest BCUT2D eigenvalue weighted by molar-refractivity contribution is 0.386. The largest absolute Gasteiger partial charge is 0.494 e. The molecule has 0 aliphatic heterocycles. The number of hydrogen-bond donors (Lipinski definition) is 0. The van der Waals surface area contributed by atoms with Crippen molar-refractivity contribution in [2.45, 2.75) is 5.38 Å². The van der Waals surface area contributed by atoms with Gasteiger partial charge < -0.3 is 4.74 Å². The molecule has 0 saturated heterocycles. The molecule has 0 heterocycles. The van der Waals surface area contributed by atoms with E-state index in [9.17, 15) is 4.39 Å². The topological polar surface area (TPSA) is 9.23 Å². The van der Waals surface area contributed by atoms with Gasteiger partial charge >= 0.3 is 0 Å². The summed E-state index contributed by atoms with van der Waals surface area (Å²) < 4.78 is 19.4. The molecule has 19 heavy (non-hydrogen) atoms. The predicted molar refractivity (Wildman–Crippen MR) is 79.8 cm³/mol. The molecule has 1 atom stereocenters. The maximum atomic E-state index is 13.7. The monoisotopic (exact) mass is 362 g/mol. The molecule has 100 valence electrons. The molecule has 2 rings (SSSR count). The Hall–Kier alpha value is -0.770. The molecule has 2 aromatic rings. The summed E-state index contributed by atoms with van der Waals surface area (Å²) >= 11 is 15.8. The van der Waals surface area contributed by atoms with Gasteiger partial charge in [-0.3, -0.25) is 0 Å². The van der Waals surface area contributed by atoms with E-state index in [1.807, 2.05) is 12.1 Å². The zero-order valence-corrected chi connectivity index (χ0v) is 13.1. The highest BCUT2D eigenvalue weighted by Crippen LogP contribution is 2.36. The quantitative estimate of drug-likeness (QED) is 0.647. The summed E-state index contributed by atoms with van der Waals surface area (Å²) in [7, 11) is 1.42. The number of methoxy groups -OCH3 is 1. The van der Waals surface area contributed by atoms with Gasteiger partial charge in [-0.1, -0.05) is 39.7 Å². The van der Waals surface area contributed by atoms with Gasteiger partial charge in [0.1, 0.15) is 0 Å². The number of rotatable bonds is 3. The van der Waals surface area contributed by atoms with Crippen molar-refractivity contribution < 1.29 is 9.13 Å². The minimum Gasteiger partial charge on any atom is -0.494 e. The van der Waals surface area contributed by atoms with Gasteiger partial charge in [0.15, 0.2) is 11.6 Å². The second kappa shape index (κ2) is 6.12. The lowest BCUT2D eigenvalue weighted by Crippen LogP contribution is -1.97. The van der Waals surface area contributed by atoms with E-state index >= 15 is 0 Å². The molecule has 0 aromatic heterocycles. The van der Waals surface area contributed by atoms with Gasteiger partial charge in [0.05, 0.1) is 12.5 Å². The van der Waals surface area contributed by atoms with Crippen LogP contribution >= 0.6 is 39.1 Å². The Balaban J connectivity index is 2.38. The fourth-order valence-electron chi connectivity index (χ4n) is 1.73. The van der Waals surface area contributed by atoms with Crippen molar-refractivity contribution in [2.75, 3.05) is 7.11 Å². The van der Waals surface area contributed by atoms with E-state index in [1.165, 1.54) is 13.2 Å². The molecule has 0 aliphatic carbocycles. The minimum absolute atomic E-state index is 0.189. The highest BCUT2D eigenvalue weighted by molar-refractivity contribution is 9.10. The molecule has 0 N–H and O–H groups in total. The Labute approximate surface area is 129 Å². The summed E-state index contributed by atoms with van der Waals surface area (Å²) in [4.78, 5) is 0. The van der Waals surface area contributed by atoms with E-state index in [2.05, 4.69) is 15.9 Å². The van der Waals surface area contributed by atoms with Gasteiger partial charge in [0.2, 0.25) is 0 Å². The Bertz CT molecular complexity index is 604. The first-order chi connectivity index (χ1) is 9.02. The van der Waals surface area contributed by atoms with Gasteiger partial charge in [-0.05, 0) is 35.4 Å². The van der Waals surface area contributed by atoms with Crippen LogP contribution < -0.4 is 4.74 Å². The third-order valence-corrected chi connectivity index (χ3v) is 4.01. The third kappa shape index (κ3) is 3.22. The van der Waals surface area contributed by atoms with E-state index in [4.69, 9.17) is 27.9 Å². The van der Waals surface area contributed by atoms with Crippen molar-refractivity contribution in [1.82, 2.24) is 0 Å². The molecule has 1 nitrogen and oxygen atoms in total. The molecule has 0 bridgehead atoms. The van der Waals surface area contributed by atoms with Crippen LogP contribution in [0.15, 0.2) is 40.9 Å². The Kier molecular flexibility index (Phi) is 4.71. The van der Waals surface area contributed by atoms with E-state index < -0.39 is 11.2 Å². The normalized spacial score (nSPS) is 12.3. The number of hydrogen-bond acceptors (Lipinski definition) is 1. The maximum absolute atomic E-state index is 13.7. The van der Waals surface area contributed by atoms with Gasteiger partial charge in [-0.15, -0.1) is 11.6 Å². The third-order valence-electron chi connectivity index (χ3n) is 2.70. The Morgan fingerprint density at radius 2 is 1.95 bits per heavy atom. The fourth-order valence-corrected chi connectivity index (χ4v) is 2.89. The first-order valence-corrected chi connectivity index (χ1v) is 7.06. The van der Waals surface area contributed by atoms with Crippen molar-refractivity contribution in [2.24, 2.45) is 0 Å². The van der Waals surface area contributed by atoms with Gasteiger partial charge in [-0.25, -0.2) is 4.39 Å². The van der Waals surface area contributed by atoms with Crippen LogP contribution in [0.1, 0.15) is 16.5 Å². The second-order valence-corrected chi connectivity index (χ2v) is 5.68. The number of alkyl halides is 1. The predicted octanol–water partition coefficient (Wildman–Crippen LogP) is 5.58. The van der Waals surface area contributed by atoms with Crippen LogP contribution in [-0.4, -0.2) is 7.11 Å². The van der Waals surface area contributed by atoms with E-state index in [0.717, 1.165) is 10.0 Å². The summed E-state index contributed by atoms with van der Waals surface area (Å²) in [5.74, 6) is -0.256. The van der Waals surface area contributed by atoms with Crippen LogP contribution in [0, 0.1) is 5.82 Å². The van der Waals surface area contributed by atoms with Gasteiger partial charge in [-0.2, -0.15) is 0 Å². The number of halogens is 4. The molecule has 5 heteroatoms. The minimum atomic E-state index is -0.513. The van der Waals surface area contributed by atoms with E-state index in [-0.39, 0.29) is 5.75 Å². The lowest BCUT2D eigenvalue weighted by Gasteiger charge is -2.13. The van der Waals surface area contributed by atoms with E-state index in [1.54, 1.807) is 18.2 Å². The first kappa shape index (κ1) is 14.6. The van der Waals surface area contributed by atoms with Crippen LogP contribution in [0.25, 0.3) is 0 Å². The summed E-state index contributed by atoms with van der Waals surface area (Å²) in [6.45, 7) is 0. The van der Waals surface area contributed by atoms with Crippen molar-refractivity contribution in [3.63, 3.8) is 0 Å². The smallest absolute Gasteiger partial charge is 0.165 e. The Morgan fingerprint density at radius 1 is 1.21 bits per heavy atom. The highest BCUT2D eigenvalue weighted by atomic mass is 79.9. The summed E-state index contributed by atoms with van der Waals surface area (Å²) in [5.41, 5.74) is 1.36. The van der Waals surface area contributed by atoms with Crippen molar-refractivity contribution in [3.05, 3.63) is 62.8 Å². The lowest BCUT2D eigenvalue weighted by atomic mass is 10.0. The van der Waals surface area contributed by atoms with Crippen LogP contribution in [-0.2, 0) is 0 Å². The maximum Gasteiger partial charge on any atom is 0.165 e. The molecule has 2 aromatic carbocycles. The molecule has 0 radical (unpaired) electrons. The van der Waals surface area contributed by atoms with E-state index in [0.29, 0.717) is 10.6 Å². The summed E-state index contributed by atoms with van der Waals surface area (Å²) in [6.07, 6.45) is 0. The number of benzene rings is 2. The van der Waals surface area contributed by atoms with Crippen LogP contribution in [0.2, 0.25) is 5.02 Å². The summed E-state index contributed by atoms with van der Waals surface area (Å²) in [6, 6.07) is 10.0. The van der Waals surface area contributed by atoms with Crippen LogP contribution in [0.4, 0.5) is 4.39 Å². The highest BCUT2D eigenvalue weighted by Gasteiger charge is 2.16. The summed E-state index contributed by atoms with van der Waals surface area (Å²) in [5, 5.41) is 0.0200. The molecular formula is C14H10BrCl2FO. The molecule has 0 spiro atoms. The average molecular weight is 364 g/mol. The molecule has 0 fully saturated rings. The zero-order chi connectivity index (χ0) is 14.0. The van der Waals surface area contributed by atoms with Crippen LogP contribution in [0.5, 0.6) is 5.75 Å². The zero-order valence-electron chi connectivity index (χ0n) is 9.96. The number of ether oxygens (including phenoxy) is 1. The van der Waals surface area contributed by atoms with Crippen molar-refractivity contribution >= 4 is 39.1 Å². The standard InChI is InChI=1S/C14H10BrCl2FO/c1-19-13-5-2-8(6-12(13)18)14(17)10-4-3-9(15)7-11(10)16/h2-7,14H,1H3. The van der Waals surface area contributed by atoms with Gasteiger partial charge in [0, 0.05) is 9.50 Å². The Morgan fingerprint density at radius 3 is 2.53 bits per heavy atom. The SMILES string of the molecule is COc1ccc(C(Cl)c2ccc(Br)cc2Cl)cc1F. The second-order valence-electron chi connectivity index (χ2n) is 3.92.